The van der Waals surface area contributed by atoms with Gasteiger partial charge in [-0.2, -0.15) is 0 Å². The van der Waals surface area contributed by atoms with Gasteiger partial charge in [-0.1, -0.05) is 20.8 Å². The molecule has 1 rings (SSSR count). The first-order valence-electron chi connectivity index (χ1n) is 5.80. The summed E-state index contributed by atoms with van der Waals surface area (Å²) in [4.78, 5) is 13.1. The Labute approximate surface area is 92.0 Å². The second kappa shape index (κ2) is 5.95. The van der Waals surface area contributed by atoms with Crippen molar-refractivity contribution >= 4 is 6.09 Å². The Morgan fingerprint density at radius 2 is 2.27 bits per heavy atom. The first-order chi connectivity index (χ1) is 7.15. The van der Waals surface area contributed by atoms with Gasteiger partial charge >= 0.3 is 6.09 Å². The zero-order chi connectivity index (χ0) is 11.3. The number of rotatable bonds is 6. The Morgan fingerprint density at radius 3 is 2.73 bits per heavy atom. The van der Waals surface area contributed by atoms with Gasteiger partial charge in [0.25, 0.3) is 0 Å². The summed E-state index contributed by atoms with van der Waals surface area (Å²) in [6, 6.07) is 0.371. The molecule has 0 spiro atoms. The normalized spacial score (nSPS) is 18.4. The van der Waals surface area contributed by atoms with Crippen LogP contribution in [-0.4, -0.2) is 43.3 Å². The second-order valence-corrected chi connectivity index (χ2v) is 4.37. The number of carbonyl (C=O) groups excluding carboxylic acids is 1. The highest BCUT2D eigenvalue weighted by Crippen LogP contribution is 2.09. The molecule has 4 heteroatoms. The first kappa shape index (κ1) is 12.3. The lowest BCUT2D eigenvalue weighted by Gasteiger charge is -2.26. The molecule has 15 heavy (non-hydrogen) atoms. The van der Waals surface area contributed by atoms with Gasteiger partial charge in [0.15, 0.2) is 0 Å². The van der Waals surface area contributed by atoms with Crippen molar-refractivity contribution in [1.29, 1.82) is 0 Å². The number of cyclic esters (lactones) is 1. The third kappa shape index (κ3) is 3.70. The van der Waals surface area contributed by atoms with E-state index in [0.29, 0.717) is 18.6 Å². The summed E-state index contributed by atoms with van der Waals surface area (Å²) in [6.07, 6.45) is 0.951. The van der Waals surface area contributed by atoms with Gasteiger partial charge in [-0.25, -0.2) is 4.79 Å². The average Bonchev–Trinajstić information content (AvgIpc) is 2.58. The van der Waals surface area contributed by atoms with Crippen molar-refractivity contribution in [2.75, 3.05) is 26.2 Å². The average molecular weight is 214 g/mol. The summed E-state index contributed by atoms with van der Waals surface area (Å²) in [6.45, 7) is 9.54. The molecule has 1 N–H and O–H groups in total. The van der Waals surface area contributed by atoms with Gasteiger partial charge in [-0.15, -0.1) is 0 Å². The third-order valence-electron chi connectivity index (χ3n) is 2.72. The maximum atomic E-state index is 11.3. The predicted octanol–water partition coefficient (Wildman–Crippen LogP) is 1.46. The van der Waals surface area contributed by atoms with Crippen molar-refractivity contribution in [2.24, 2.45) is 5.92 Å². The molecule has 0 saturated carbocycles. The van der Waals surface area contributed by atoms with Crippen molar-refractivity contribution in [3.05, 3.63) is 0 Å². The van der Waals surface area contributed by atoms with Gasteiger partial charge in [-0.3, -0.25) is 0 Å². The first-order valence-corrected chi connectivity index (χ1v) is 5.80. The van der Waals surface area contributed by atoms with Crippen LogP contribution in [0.3, 0.4) is 0 Å². The van der Waals surface area contributed by atoms with Gasteiger partial charge in [-0.05, 0) is 18.9 Å². The molecule has 1 unspecified atom stereocenters. The molecule has 0 aromatic carbocycles. The summed E-state index contributed by atoms with van der Waals surface area (Å²) in [7, 11) is 0. The van der Waals surface area contributed by atoms with Crippen LogP contribution in [0.5, 0.6) is 0 Å². The highest BCUT2D eigenvalue weighted by molar-refractivity contribution is 5.69. The van der Waals surface area contributed by atoms with Gasteiger partial charge in [0.1, 0.15) is 6.61 Å². The minimum absolute atomic E-state index is 0.168. The zero-order valence-corrected chi connectivity index (χ0v) is 9.95. The van der Waals surface area contributed by atoms with Crippen molar-refractivity contribution in [2.45, 2.75) is 33.2 Å². The summed E-state index contributed by atoms with van der Waals surface area (Å²) in [5.41, 5.74) is 0. The van der Waals surface area contributed by atoms with E-state index in [2.05, 4.69) is 26.1 Å². The van der Waals surface area contributed by atoms with E-state index in [-0.39, 0.29) is 6.09 Å². The molecule has 4 nitrogen and oxygen atoms in total. The second-order valence-electron chi connectivity index (χ2n) is 4.37. The van der Waals surface area contributed by atoms with Crippen molar-refractivity contribution in [1.82, 2.24) is 10.2 Å². The fourth-order valence-corrected chi connectivity index (χ4v) is 1.67. The third-order valence-corrected chi connectivity index (χ3v) is 2.72. The predicted molar refractivity (Wildman–Crippen MR) is 59.8 cm³/mol. The van der Waals surface area contributed by atoms with Gasteiger partial charge in [0.2, 0.25) is 0 Å². The van der Waals surface area contributed by atoms with Crippen LogP contribution in [0.25, 0.3) is 0 Å². The van der Waals surface area contributed by atoms with E-state index < -0.39 is 0 Å². The molecule has 1 fully saturated rings. The fourth-order valence-electron chi connectivity index (χ4n) is 1.67. The maximum absolute atomic E-state index is 11.3. The number of hydrogen-bond donors (Lipinski definition) is 1. The maximum Gasteiger partial charge on any atom is 0.409 e. The lowest BCUT2D eigenvalue weighted by Crippen LogP contribution is -2.44. The van der Waals surface area contributed by atoms with E-state index in [9.17, 15) is 4.79 Å². The van der Waals surface area contributed by atoms with Gasteiger partial charge in [0, 0.05) is 12.6 Å². The van der Waals surface area contributed by atoms with E-state index in [1.165, 1.54) is 0 Å². The SMILES string of the molecule is CCCNC(CN1CCOC1=O)C(C)C. The molecular weight excluding hydrogens is 192 g/mol. The van der Waals surface area contributed by atoms with E-state index in [4.69, 9.17) is 4.74 Å². The number of carbonyl (C=O) groups is 1. The molecule has 1 amide bonds. The van der Waals surface area contributed by atoms with Crippen LogP contribution in [0.15, 0.2) is 0 Å². The van der Waals surface area contributed by atoms with Crippen LogP contribution < -0.4 is 5.32 Å². The van der Waals surface area contributed by atoms with E-state index >= 15 is 0 Å². The van der Waals surface area contributed by atoms with Crippen molar-refractivity contribution in [3.63, 3.8) is 0 Å². The summed E-state index contributed by atoms with van der Waals surface area (Å²) in [5.74, 6) is 0.532. The Balaban J connectivity index is 2.39. The molecule has 88 valence electrons. The Bertz CT molecular complexity index is 207. The largest absolute Gasteiger partial charge is 0.448 e. The zero-order valence-electron chi connectivity index (χ0n) is 9.95. The van der Waals surface area contributed by atoms with Gasteiger partial charge < -0.3 is 15.0 Å². The topological polar surface area (TPSA) is 41.6 Å². The molecule has 0 aliphatic carbocycles. The number of nitrogens with one attached hydrogen (secondary N) is 1. The highest BCUT2D eigenvalue weighted by Gasteiger charge is 2.25. The smallest absolute Gasteiger partial charge is 0.409 e. The molecule has 1 atom stereocenters. The lowest BCUT2D eigenvalue weighted by atomic mass is 10.0. The van der Waals surface area contributed by atoms with Crippen LogP contribution in [0, 0.1) is 5.92 Å². The van der Waals surface area contributed by atoms with Crippen LogP contribution >= 0.6 is 0 Å². The molecule has 1 saturated heterocycles. The molecule has 0 radical (unpaired) electrons. The van der Waals surface area contributed by atoms with Crippen molar-refractivity contribution < 1.29 is 9.53 Å². The lowest BCUT2D eigenvalue weighted by molar-refractivity contribution is 0.153. The number of nitrogens with zero attached hydrogens (tertiary/aromatic N) is 1. The minimum atomic E-state index is -0.168. The Kier molecular flexibility index (Phi) is 4.88. The van der Waals surface area contributed by atoms with E-state index in [1.54, 1.807) is 4.90 Å². The molecule has 0 aromatic heterocycles. The quantitative estimate of drug-likeness (QED) is 0.728. The Morgan fingerprint density at radius 1 is 1.53 bits per heavy atom. The number of amides is 1. The van der Waals surface area contributed by atoms with Gasteiger partial charge in [0.05, 0.1) is 6.54 Å². The van der Waals surface area contributed by atoms with E-state index in [1.807, 2.05) is 0 Å². The minimum Gasteiger partial charge on any atom is -0.448 e. The van der Waals surface area contributed by atoms with Crippen LogP contribution in [0.2, 0.25) is 0 Å². The molecule has 0 aromatic rings. The molecule has 0 bridgehead atoms. The van der Waals surface area contributed by atoms with Crippen molar-refractivity contribution in [3.8, 4) is 0 Å². The fraction of sp³-hybridized carbons (Fsp3) is 0.909. The van der Waals surface area contributed by atoms with Crippen LogP contribution in [0.4, 0.5) is 4.79 Å². The van der Waals surface area contributed by atoms with E-state index in [0.717, 1.165) is 26.1 Å². The summed E-state index contributed by atoms with van der Waals surface area (Å²) in [5, 5.41) is 3.47. The summed E-state index contributed by atoms with van der Waals surface area (Å²) >= 11 is 0. The molecule has 1 aliphatic heterocycles. The molecule has 1 heterocycles. The molecular formula is C11H22N2O2. The summed E-state index contributed by atoms with van der Waals surface area (Å²) < 4.78 is 4.91. The number of ether oxygens (including phenoxy) is 1. The highest BCUT2D eigenvalue weighted by atomic mass is 16.6. The molecule has 1 aliphatic rings. The monoisotopic (exact) mass is 214 g/mol. The number of hydrogen-bond acceptors (Lipinski definition) is 3. The standard InChI is InChI=1S/C11H22N2O2/c1-4-5-12-10(9(2)3)8-13-6-7-15-11(13)14/h9-10,12H,4-8H2,1-3H3. The van der Waals surface area contributed by atoms with Crippen LogP contribution in [0.1, 0.15) is 27.2 Å². The Hall–Kier alpha value is -0.770. The van der Waals surface area contributed by atoms with Crippen LogP contribution in [-0.2, 0) is 4.74 Å².